The smallest absolute Gasteiger partial charge is 0.161 e. The van der Waals surface area contributed by atoms with Crippen LogP contribution in [0.25, 0.3) is 0 Å². The number of rotatable bonds is 2. The quantitative estimate of drug-likeness (QED) is 0.572. The molecule has 3 rings (SSSR count). The summed E-state index contributed by atoms with van der Waals surface area (Å²) in [6.45, 7) is 3.90. The highest BCUT2D eigenvalue weighted by Crippen LogP contribution is 2.33. The fraction of sp³-hybridized carbons (Fsp3) is 0.333. The van der Waals surface area contributed by atoms with Gasteiger partial charge in [-0.3, -0.25) is 4.90 Å². The van der Waals surface area contributed by atoms with Crippen molar-refractivity contribution >= 4 is 0 Å². The lowest BCUT2D eigenvalue weighted by Crippen LogP contribution is -2.31. The summed E-state index contributed by atoms with van der Waals surface area (Å²) in [5.41, 5.74) is 2.76. The summed E-state index contributed by atoms with van der Waals surface area (Å²) >= 11 is 0. The summed E-state index contributed by atoms with van der Waals surface area (Å²) < 4.78 is 0. The lowest BCUT2D eigenvalue weighted by atomic mass is 10.1. The first-order chi connectivity index (χ1) is 10.0. The molecule has 3 N–H and O–H groups in total. The number of fused-ring (bicyclic) bond motifs is 1. The maximum Gasteiger partial charge on any atom is 0.161 e. The van der Waals surface area contributed by atoms with Gasteiger partial charge in [0.2, 0.25) is 0 Å². The van der Waals surface area contributed by atoms with Crippen LogP contribution in [0.3, 0.4) is 0 Å². The van der Waals surface area contributed by atoms with Gasteiger partial charge in [-0.25, -0.2) is 9.97 Å². The summed E-state index contributed by atoms with van der Waals surface area (Å²) in [6, 6.07) is 2.56. The first-order valence-corrected chi connectivity index (χ1v) is 6.80. The van der Waals surface area contributed by atoms with Crippen molar-refractivity contribution in [3.63, 3.8) is 0 Å². The lowest BCUT2D eigenvalue weighted by Gasteiger charge is -2.28. The van der Waals surface area contributed by atoms with Crippen LogP contribution in [0.1, 0.15) is 22.6 Å². The van der Waals surface area contributed by atoms with Crippen molar-refractivity contribution in [1.29, 1.82) is 0 Å². The molecule has 0 amide bonds. The predicted octanol–water partition coefficient (Wildman–Crippen LogP) is 1.46. The van der Waals surface area contributed by atoms with E-state index < -0.39 is 0 Å². The van der Waals surface area contributed by atoms with Crippen molar-refractivity contribution in [3.05, 3.63) is 41.0 Å². The van der Waals surface area contributed by atoms with Gasteiger partial charge in [0.1, 0.15) is 11.6 Å². The molecule has 1 aromatic carbocycles. The Hall–Kier alpha value is -2.34. The van der Waals surface area contributed by atoms with Gasteiger partial charge < -0.3 is 15.3 Å². The van der Waals surface area contributed by atoms with E-state index in [1.54, 1.807) is 0 Å². The third-order valence-corrected chi connectivity index (χ3v) is 3.70. The van der Waals surface area contributed by atoms with Crippen molar-refractivity contribution in [2.45, 2.75) is 26.4 Å². The number of nitrogens with zero attached hydrogens (tertiary/aromatic N) is 3. The molecule has 2 heterocycles. The molecule has 6 heteroatoms. The van der Waals surface area contributed by atoms with Gasteiger partial charge >= 0.3 is 0 Å². The number of phenolic OH excluding ortho intramolecular Hbond substituents is 3. The molecule has 110 valence electrons. The number of aryl methyl sites for hydroxylation is 1. The molecule has 1 aliphatic heterocycles. The number of aromatic nitrogens is 2. The van der Waals surface area contributed by atoms with Gasteiger partial charge in [0.15, 0.2) is 11.5 Å². The average Bonchev–Trinajstić information content (AvgIpc) is 2.45. The molecule has 2 aromatic rings. The SMILES string of the molecule is Cc1ncc2c(n1)CCN(Cc1cc(O)c(O)cc1O)C2. The lowest BCUT2D eigenvalue weighted by molar-refractivity contribution is 0.239. The van der Waals surface area contributed by atoms with E-state index in [1.165, 1.54) is 6.07 Å². The normalized spacial score (nSPS) is 14.9. The van der Waals surface area contributed by atoms with Crippen LogP contribution in [-0.2, 0) is 19.5 Å². The molecule has 0 atom stereocenters. The monoisotopic (exact) mass is 287 g/mol. The van der Waals surface area contributed by atoms with Crippen molar-refractivity contribution < 1.29 is 15.3 Å². The molecule has 21 heavy (non-hydrogen) atoms. The predicted molar refractivity (Wildman–Crippen MR) is 76.0 cm³/mol. The highest BCUT2D eigenvalue weighted by atomic mass is 16.3. The molecule has 0 fully saturated rings. The molecule has 0 spiro atoms. The van der Waals surface area contributed by atoms with Crippen LogP contribution in [0.5, 0.6) is 17.2 Å². The minimum Gasteiger partial charge on any atom is -0.507 e. The summed E-state index contributed by atoms with van der Waals surface area (Å²) in [5.74, 6) is 0.225. The van der Waals surface area contributed by atoms with Gasteiger partial charge in [-0.2, -0.15) is 0 Å². The fourth-order valence-electron chi connectivity index (χ4n) is 2.59. The first-order valence-electron chi connectivity index (χ1n) is 6.80. The highest BCUT2D eigenvalue weighted by Gasteiger charge is 2.19. The average molecular weight is 287 g/mol. The molecule has 0 aliphatic carbocycles. The number of phenols is 3. The van der Waals surface area contributed by atoms with E-state index in [2.05, 4.69) is 14.9 Å². The molecule has 1 aliphatic rings. The van der Waals surface area contributed by atoms with Gasteiger partial charge in [-0.15, -0.1) is 0 Å². The molecular weight excluding hydrogens is 270 g/mol. The number of hydrogen-bond acceptors (Lipinski definition) is 6. The fourth-order valence-corrected chi connectivity index (χ4v) is 2.59. The van der Waals surface area contributed by atoms with Crippen molar-refractivity contribution in [2.75, 3.05) is 6.54 Å². The molecule has 0 unspecified atom stereocenters. The van der Waals surface area contributed by atoms with Gasteiger partial charge in [-0.1, -0.05) is 0 Å². The first kappa shape index (κ1) is 13.6. The Balaban J connectivity index is 1.78. The van der Waals surface area contributed by atoms with Crippen LogP contribution >= 0.6 is 0 Å². The van der Waals surface area contributed by atoms with Crippen LogP contribution in [-0.4, -0.2) is 36.7 Å². The Bertz CT molecular complexity index is 688. The third-order valence-electron chi connectivity index (χ3n) is 3.70. The van der Waals surface area contributed by atoms with E-state index in [4.69, 9.17) is 0 Å². The highest BCUT2D eigenvalue weighted by molar-refractivity contribution is 5.48. The van der Waals surface area contributed by atoms with E-state index >= 15 is 0 Å². The second-order valence-corrected chi connectivity index (χ2v) is 5.32. The molecule has 1 aromatic heterocycles. The second-order valence-electron chi connectivity index (χ2n) is 5.32. The minimum absolute atomic E-state index is 0.0174. The molecule has 0 radical (unpaired) electrons. The van der Waals surface area contributed by atoms with Crippen LogP contribution < -0.4 is 0 Å². The van der Waals surface area contributed by atoms with Crippen molar-refractivity contribution in [2.24, 2.45) is 0 Å². The summed E-state index contributed by atoms with van der Waals surface area (Å²) in [5, 5.41) is 28.7. The van der Waals surface area contributed by atoms with Crippen LogP contribution in [0.4, 0.5) is 0 Å². The Morgan fingerprint density at radius 2 is 1.90 bits per heavy atom. The Morgan fingerprint density at radius 1 is 1.14 bits per heavy atom. The standard InChI is InChI=1S/C15H17N3O3/c1-9-16-6-11-8-18(3-2-12(11)17-9)7-10-4-14(20)15(21)5-13(10)19/h4-6,19-21H,2-3,7-8H2,1H3. The van der Waals surface area contributed by atoms with Crippen molar-refractivity contribution in [3.8, 4) is 17.2 Å². The maximum absolute atomic E-state index is 9.86. The largest absolute Gasteiger partial charge is 0.507 e. The van der Waals surface area contributed by atoms with Crippen LogP contribution in [0, 0.1) is 6.92 Å². The molecule has 0 saturated heterocycles. The van der Waals surface area contributed by atoms with Crippen LogP contribution in [0.15, 0.2) is 18.3 Å². The Kier molecular flexibility index (Phi) is 3.39. The third kappa shape index (κ3) is 2.75. The van der Waals surface area contributed by atoms with Gasteiger partial charge in [0.05, 0.1) is 0 Å². The summed E-state index contributed by atoms with van der Waals surface area (Å²) in [6.07, 6.45) is 2.68. The molecule has 0 saturated carbocycles. The zero-order chi connectivity index (χ0) is 15.0. The maximum atomic E-state index is 9.86. The zero-order valence-corrected chi connectivity index (χ0v) is 11.7. The molecule has 6 nitrogen and oxygen atoms in total. The van der Waals surface area contributed by atoms with Gasteiger partial charge in [0.25, 0.3) is 0 Å². The Morgan fingerprint density at radius 3 is 2.71 bits per heavy atom. The van der Waals surface area contributed by atoms with Crippen LogP contribution in [0.2, 0.25) is 0 Å². The zero-order valence-electron chi connectivity index (χ0n) is 11.7. The van der Waals surface area contributed by atoms with E-state index in [9.17, 15) is 15.3 Å². The van der Waals surface area contributed by atoms with Crippen molar-refractivity contribution in [1.82, 2.24) is 14.9 Å². The van der Waals surface area contributed by atoms with Gasteiger partial charge in [0, 0.05) is 55.1 Å². The topological polar surface area (TPSA) is 89.7 Å². The second kappa shape index (κ2) is 5.21. The number of benzene rings is 1. The number of aromatic hydroxyl groups is 3. The minimum atomic E-state index is -0.316. The van der Waals surface area contributed by atoms with E-state index in [0.29, 0.717) is 18.7 Å². The summed E-state index contributed by atoms with van der Waals surface area (Å²) in [7, 11) is 0. The molecule has 0 bridgehead atoms. The molecular formula is C15H17N3O3. The van der Waals surface area contributed by atoms with E-state index in [0.717, 1.165) is 36.1 Å². The van der Waals surface area contributed by atoms with E-state index in [-0.39, 0.29) is 17.2 Å². The summed E-state index contributed by atoms with van der Waals surface area (Å²) in [4.78, 5) is 10.8. The van der Waals surface area contributed by atoms with Gasteiger partial charge in [-0.05, 0) is 13.0 Å². The Labute approximate surface area is 122 Å². The van der Waals surface area contributed by atoms with E-state index in [1.807, 2.05) is 13.1 Å². The number of hydrogen-bond donors (Lipinski definition) is 3.